The highest BCUT2D eigenvalue weighted by Gasteiger charge is 2.21. The average molecular weight is 288 g/mol. The van der Waals surface area contributed by atoms with Crippen molar-refractivity contribution in [1.82, 2.24) is 5.16 Å². The molecular weight excluding hydrogens is 268 g/mol. The summed E-state index contributed by atoms with van der Waals surface area (Å²) >= 11 is 0. The van der Waals surface area contributed by atoms with Gasteiger partial charge in [-0.1, -0.05) is 38.1 Å². The van der Waals surface area contributed by atoms with Crippen LogP contribution >= 0.6 is 0 Å². The molecule has 0 radical (unpaired) electrons. The lowest BCUT2D eigenvalue weighted by Gasteiger charge is -2.12. The zero-order chi connectivity index (χ0) is 15.5. The number of ether oxygens (including phenoxy) is 1. The van der Waals surface area contributed by atoms with Gasteiger partial charge in [-0.25, -0.2) is 0 Å². The van der Waals surface area contributed by atoms with Crippen molar-refractivity contribution in [3.8, 4) is 5.75 Å². The molecular formula is C16H20N2O3. The molecule has 0 fully saturated rings. The van der Waals surface area contributed by atoms with Crippen molar-refractivity contribution in [3.63, 3.8) is 0 Å². The van der Waals surface area contributed by atoms with Crippen molar-refractivity contribution in [2.24, 2.45) is 0 Å². The van der Waals surface area contributed by atoms with Crippen LogP contribution in [0, 0.1) is 0 Å². The van der Waals surface area contributed by atoms with Gasteiger partial charge in [0, 0.05) is 11.5 Å². The number of amides is 1. The second kappa shape index (κ2) is 5.99. The Morgan fingerprint density at radius 1 is 1.33 bits per heavy atom. The van der Waals surface area contributed by atoms with Crippen LogP contribution in [0.3, 0.4) is 0 Å². The third-order valence-electron chi connectivity index (χ3n) is 2.92. The Labute approximate surface area is 124 Å². The van der Waals surface area contributed by atoms with E-state index < -0.39 is 0 Å². The van der Waals surface area contributed by atoms with Gasteiger partial charge in [0.1, 0.15) is 11.5 Å². The summed E-state index contributed by atoms with van der Waals surface area (Å²) in [6.45, 7) is 8.43. The van der Waals surface area contributed by atoms with Gasteiger partial charge < -0.3 is 14.6 Å². The van der Waals surface area contributed by atoms with Gasteiger partial charge in [-0.05, 0) is 19.1 Å². The summed E-state index contributed by atoms with van der Waals surface area (Å²) in [5.41, 5.74) is 0.318. The minimum atomic E-state index is -0.271. The highest BCUT2D eigenvalue weighted by molar-refractivity contribution is 6.05. The smallest absolute Gasteiger partial charge is 0.260 e. The van der Waals surface area contributed by atoms with Gasteiger partial charge in [0.15, 0.2) is 5.82 Å². The summed E-state index contributed by atoms with van der Waals surface area (Å²) in [7, 11) is 0. The Kier molecular flexibility index (Phi) is 4.31. The number of nitrogens with zero attached hydrogens (tertiary/aromatic N) is 1. The fraction of sp³-hybridized carbons (Fsp3) is 0.375. The Bertz CT molecular complexity index is 626. The number of carbonyl (C=O) groups excluding carboxylic acids is 1. The van der Waals surface area contributed by atoms with Gasteiger partial charge >= 0.3 is 0 Å². The summed E-state index contributed by atoms with van der Waals surface area (Å²) in [5.74, 6) is 1.40. The molecule has 1 amide bonds. The number of hydrogen-bond acceptors (Lipinski definition) is 4. The standard InChI is InChI=1S/C16H20N2O3/c1-5-20-12-9-7-6-8-11(12)15(19)17-14-10-13(21-18-14)16(2,3)4/h6-10H,5H2,1-4H3,(H,17,18,19). The molecule has 21 heavy (non-hydrogen) atoms. The molecule has 112 valence electrons. The average Bonchev–Trinajstić information content (AvgIpc) is 2.88. The molecule has 0 spiro atoms. The number of rotatable bonds is 4. The van der Waals surface area contributed by atoms with Gasteiger partial charge in [-0.2, -0.15) is 0 Å². The van der Waals surface area contributed by atoms with E-state index in [2.05, 4.69) is 10.5 Å². The van der Waals surface area contributed by atoms with Crippen molar-refractivity contribution in [1.29, 1.82) is 0 Å². The van der Waals surface area contributed by atoms with Gasteiger partial charge in [-0.15, -0.1) is 0 Å². The van der Waals surface area contributed by atoms with E-state index in [1.807, 2.05) is 33.8 Å². The van der Waals surface area contributed by atoms with E-state index in [-0.39, 0.29) is 11.3 Å². The highest BCUT2D eigenvalue weighted by atomic mass is 16.5. The Balaban J connectivity index is 2.17. The van der Waals surface area contributed by atoms with E-state index in [1.54, 1.807) is 24.3 Å². The Hall–Kier alpha value is -2.30. The van der Waals surface area contributed by atoms with Crippen molar-refractivity contribution in [2.75, 3.05) is 11.9 Å². The number of nitrogens with one attached hydrogen (secondary N) is 1. The second-order valence-corrected chi connectivity index (χ2v) is 5.71. The molecule has 1 N–H and O–H groups in total. The third-order valence-corrected chi connectivity index (χ3v) is 2.92. The molecule has 0 bridgehead atoms. The molecule has 1 aromatic carbocycles. The lowest BCUT2D eigenvalue weighted by Crippen LogP contribution is -2.14. The highest BCUT2D eigenvalue weighted by Crippen LogP contribution is 2.25. The maximum atomic E-state index is 12.3. The number of anilines is 1. The third kappa shape index (κ3) is 3.62. The van der Waals surface area contributed by atoms with Crippen molar-refractivity contribution in [2.45, 2.75) is 33.1 Å². The summed E-state index contributed by atoms with van der Waals surface area (Å²) < 4.78 is 10.7. The first-order chi connectivity index (χ1) is 9.91. The maximum absolute atomic E-state index is 12.3. The molecule has 1 aromatic heterocycles. The predicted molar refractivity (Wildman–Crippen MR) is 80.8 cm³/mol. The normalized spacial score (nSPS) is 11.2. The molecule has 0 aliphatic heterocycles. The van der Waals surface area contributed by atoms with Crippen LogP contribution in [0.15, 0.2) is 34.9 Å². The van der Waals surface area contributed by atoms with E-state index in [9.17, 15) is 4.79 Å². The van der Waals surface area contributed by atoms with Crippen LogP contribution in [-0.2, 0) is 5.41 Å². The van der Waals surface area contributed by atoms with Crippen molar-refractivity contribution >= 4 is 11.7 Å². The number of aromatic nitrogens is 1. The fourth-order valence-electron chi connectivity index (χ4n) is 1.81. The van der Waals surface area contributed by atoms with Gasteiger partial charge in [0.25, 0.3) is 5.91 Å². The summed E-state index contributed by atoms with van der Waals surface area (Å²) in [4.78, 5) is 12.3. The summed E-state index contributed by atoms with van der Waals surface area (Å²) in [6.07, 6.45) is 0. The molecule has 0 aliphatic carbocycles. The van der Waals surface area contributed by atoms with E-state index in [1.165, 1.54) is 0 Å². The predicted octanol–water partition coefficient (Wildman–Crippen LogP) is 3.62. The van der Waals surface area contributed by atoms with E-state index in [0.29, 0.717) is 23.7 Å². The molecule has 0 unspecified atom stereocenters. The maximum Gasteiger partial charge on any atom is 0.260 e. The van der Waals surface area contributed by atoms with Gasteiger partial charge in [-0.3, -0.25) is 4.79 Å². The first-order valence-electron chi connectivity index (χ1n) is 6.92. The largest absolute Gasteiger partial charge is 0.493 e. The fourth-order valence-corrected chi connectivity index (χ4v) is 1.81. The molecule has 2 aromatic rings. The van der Waals surface area contributed by atoms with Crippen LogP contribution in [0.5, 0.6) is 5.75 Å². The van der Waals surface area contributed by atoms with E-state index in [4.69, 9.17) is 9.26 Å². The first-order valence-corrected chi connectivity index (χ1v) is 6.92. The monoisotopic (exact) mass is 288 g/mol. The van der Waals surface area contributed by atoms with Crippen LogP contribution in [0.1, 0.15) is 43.8 Å². The SMILES string of the molecule is CCOc1ccccc1C(=O)Nc1cc(C(C)(C)C)on1. The van der Waals surface area contributed by atoms with Crippen LogP contribution in [0.25, 0.3) is 0 Å². The van der Waals surface area contributed by atoms with Crippen LogP contribution in [-0.4, -0.2) is 17.7 Å². The van der Waals surface area contributed by atoms with Crippen LogP contribution < -0.4 is 10.1 Å². The lowest BCUT2D eigenvalue weighted by atomic mass is 9.93. The summed E-state index contributed by atoms with van der Waals surface area (Å²) in [5, 5.41) is 6.60. The van der Waals surface area contributed by atoms with Crippen LogP contribution in [0.2, 0.25) is 0 Å². The van der Waals surface area contributed by atoms with Crippen molar-refractivity contribution in [3.05, 3.63) is 41.7 Å². The minimum absolute atomic E-state index is 0.154. The molecule has 0 saturated carbocycles. The van der Waals surface area contributed by atoms with Gasteiger partial charge in [0.05, 0.1) is 12.2 Å². The zero-order valence-electron chi connectivity index (χ0n) is 12.8. The molecule has 0 atom stereocenters. The number of carbonyl (C=O) groups is 1. The molecule has 0 saturated heterocycles. The topological polar surface area (TPSA) is 64.4 Å². The van der Waals surface area contributed by atoms with Crippen LogP contribution in [0.4, 0.5) is 5.82 Å². The first kappa shape index (κ1) is 15.1. The second-order valence-electron chi connectivity index (χ2n) is 5.71. The molecule has 1 heterocycles. The van der Waals surface area contributed by atoms with E-state index >= 15 is 0 Å². The number of para-hydroxylation sites is 1. The number of hydrogen-bond donors (Lipinski definition) is 1. The van der Waals surface area contributed by atoms with Gasteiger partial charge in [0.2, 0.25) is 0 Å². The molecule has 2 rings (SSSR count). The molecule has 5 nitrogen and oxygen atoms in total. The Morgan fingerprint density at radius 3 is 2.67 bits per heavy atom. The number of benzene rings is 1. The van der Waals surface area contributed by atoms with Crippen molar-refractivity contribution < 1.29 is 14.1 Å². The quantitative estimate of drug-likeness (QED) is 0.933. The minimum Gasteiger partial charge on any atom is -0.493 e. The van der Waals surface area contributed by atoms with E-state index in [0.717, 1.165) is 5.76 Å². The molecule has 0 aliphatic rings. The zero-order valence-corrected chi connectivity index (χ0v) is 12.8. The lowest BCUT2D eigenvalue weighted by molar-refractivity contribution is 0.102. The Morgan fingerprint density at radius 2 is 2.05 bits per heavy atom. The summed E-state index contributed by atoms with van der Waals surface area (Å²) in [6, 6.07) is 8.84. The molecule has 5 heteroatoms.